The molecule has 1 heteroatoms. The van der Waals surface area contributed by atoms with Crippen LogP contribution in [0.15, 0.2) is 138 Å². The van der Waals surface area contributed by atoms with Crippen LogP contribution in [0.5, 0.6) is 0 Å². The second-order valence-electron chi connectivity index (χ2n) is 11.8. The Hall–Kier alpha value is -5.27. The minimum absolute atomic E-state index is 0.304. The average Bonchev–Trinajstić information content (AvgIpc) is 3.16. The van der Waals surface area contributed by atoms with Crippen LogP contribution in [0.1, 0.15) is 29.0 Å². The maximum Gasteiger partial charge on any atom is 0.0677 e. The minimum atomic E-state index is 0.304. The molecular formula is C41H25N. The van der Waals surface area contributed by atoms with E-state index < -0.39 is 0 Å². The molecule has 10 rings (SSSR count). The molecular weight excluding hydrogens is 506 g/mol. The maximum atomic E-state index is 5.35. The van der Waals surface area contributed by atoms with Gasteiger partial charge in [0.25, 0.3) is 0 Å². The van der Waals surface area contributed by atoms with E-state index in [4.69, 9.17) is 4.99 Å². The lowest BCUT2D eigenvalue weighted by Crippen LogP contribution is -2.12. The zero-order valence-corrected chi connectivity index (χ0v) is 22.9. The first-order chi connectivity index (χ1) is 20.8. The summed E-state index contributed by atoms with van der Waals surface area (Å²) in [5.74, 6) is 0.304. The lowest BCUT2D eigenvalue weighted by molar-refractivity contribution is 0.847. The molecule has 1 atom stereocenters. The Morgan fingerprint density at radius 1 is 0.452 bits per heavy atom. The molecule has 1 unspecified atom stereocenters. The van der Waals surface area contributed by atoms with E-state index in [1.165, 1.54) is 87.7 Å². The Bertz CT molecular complexity index is 2390. The van der Waals surface area contributed by atoms with Gasteiger partial charge in [-0.3, -0.25) is 4.99 Å². The molecule has 194 valence electrons. The molecule has 0 saturated carbocycles. The highest BCUT2D eigenvalue weighted by atomic mass is 14.8. The van der Waals surface area contributed by atoms with Crippen molar-refractivity contribution in [2.24, 2.45) is 4.99 Å². The number of nitrogens with zero attached hydrogens (tertiary/aromatic N) is 1. The lowest BCUT2D eigenvalue weighted by atomic mass is 9.82. The number of aliphatic imine (C=N–C) groups is 1. The predicted molar refractivity (Wildman–Crippen MR) is 178 cm³/mol. The average molecular weight is 532 g/mol. The first kappa shape index (κ1) is 22.4. The Balaban J connectivity index is 1.23. The van der Waals surface area contributed by atoms with Gasteiger partial charge in [0.15, 0.2) is 0 Å². The molecule has 8 aromatic carbocycles. The number of hydrogen-bond acceptors (Lipinski definition) is 1. The third-order valence-electron chi connectivity index (χ3n) is 9.76. The Morgan fingerprint density at radius 3 is 1.95 bits per heavy atom. The predicted octanol–water partition coefficient (Wildman–Crippen LogP) is 11.0. The maximum absolute atomic E-state index is 5.35. The number of benzene rings is 8. The standard InChI is InChI=1S/C41H25N/c1-2-12-29-27(10-1)28-11-3-4-13-30(28)39-23-37(29)31-19-18-25(22-38(31)42-39)26-20-21-36-34-15-6-9-24-8-5-14-33(40(24)34)35-17-7-16-32(26)41(35)36/h1-22,37H,23H2. The van der Waals surface area contributed by atoms with Crippen molar-refractivity contribution in [2.75, 3.05) is 0 Å². The van der Waals surface area contributed by atoms with Gasteiger partial charge < -0.3 is 0 Å². The Kier molecular flexibility index (Phi) is 4.35. The summed E-state index contributed by atoms with van der Waals surface area (Å²) < 4.78 is 0. The highest BCUT2D eigenvalue weighted by Crippen LogP contribution is 2.49. The van der Waals surface area contributed by atoms with Crippen molar-refractivity contribution in [3.8, 4) is 22.3 Å². The van der Waals surface area contributed by atoms with Crippen LogP contribution in [-0.4, -0.2) is 5.71 Å². The smallest absolute Gasteiger partial charge is 0.0677 e. The van der Waals surface area contributed by atoms with Crippen LogP contribution < -0.4 is 0 Å². The van der Waals surface area contributed by atoms with E-state index in [2.05, 4.69) is 133 Å². The summed E-state index contributed by atoms with van der Waals surface area (Å²) in [5, 5.41) is 10.6. The fraction of sp³-hybridized carbons (Fsp3) is 0.0488. The second-order valence-corrected chi connectivity index (χ2v) is 11.8. The molecule has 0 aromatic heterocycles. The van der Waals surface area contributed by atoms with Crippen LogP contribution in [0.2, 0.25) is 0 Å². The molecule has 1 aliphatic carbocycles. The Morgan fingerprint density at radius 2 is 1.12 bits per heavy atom. The van der Waals surface area contributed by atoms with Gasteiger partial charge in [-0.2, -0.15) is 0 Å². The third kappa shape index (κ3) is 2.90. The van der Waals surface area contributed by atoms with Gasteiger partial charge in [-0.15, -0.1) is 0 Å². The first-order valence-electron chi connectivity index (χ1n) is 14.8. The van der Waals surface area contributed by atoms with Gasteiger partial charge in [0, 0.05) is 23.6 Å². The van der Waals surface area contributed by atoms with Gasteiger partial charge >= 0.3 is 0 Å². The van der Waals surface area contributed by atoms with Crippen molar-refractivity contribution in [3.05, 3.63) is 150 Å². The molecule has 1 aliphatic heterocycles. The van der Waals surface area contributed by atoms with Crippen LogP contribution in [0.4, 0.5) is 5.69 Å². The normalized spacial score (nSPS) is 15.4. The van der Waals surface area contributed by atoms with Crippen LogP contribution >= 0.6 is 0 Å². The van der Waals surface area contributed by atoms with Gasteiger partial charge in [-0.1, -0.05) is 127 Å². The third-order valence-corrected chi connectivity index (χ3v) is 9.76. The van der Waals surface area contributed by atoms with E-state index in [0.29, 0.717) is 5.92 Å². The number of fused-ring (bicyclic) bond motifs is 11. The van der Waals surface area contributed by atoms with E-state index in [9.17, 15) is 0 Å². The van der Waals surface area contributed by atoms with Crippen LogP contribution in [0.25, 0.3) is 65.3 Å². The van der Waals surface area contributed by atoms with Crippen molar-refractivity contribution in [3.63, 3.8) is 0 Å². The highest BCUT2D eigenvalue weighted by molar-refractivity contribution is 6.34. The SMILES string of the molecule is c1ccc2c(c1)C1=Nc3cc(-c4ccc5c6cccc7cccc(c8cccc4c85)c76)ccc3C(C1)c1ccccc1-2. The van der Waals surface area contributed by atoms with E-state index in [0.717, 1.165) is 12.1 Å². The van der Waals surface area contributed by atoms with Gasteiger partial charge in [0.1, 0.15) is 0 Å². The largest absolute Gasteiger partial charge is 0.252 e. The molecule has 0 N–H and O–H groups in total. The molecule has 0 amide bonds. The van der Waals surface area contributed by atoms with Crippen LogP contribution in [-0.2, 0) is 0 Å². The lowest BCUT2D eigenvalue weighted by Gasteiger charge is -2.25. The molecule has 0 saturated heterocycles. The molecule has 42 heavy (non-hydrogen) atoms. The summed E-state index contributed by atoms with van der Waals surface area (Å²) in [5.41, 5.74) is 11.4. The van der Waals surface area contributed by atoms with Gasteiger partial charge in [0.2, 0.25) is 0 Å². The van der Waals surface area contributed by atoms with E-state index in [1.807, 2.05) is 0 Å². The van der Waals surface area contributed by atoms with Gasteiger partial charge in [-0.05, 0) is 82.5 Å². The zero-order chi connectivity index (χ0) is 27.4. The highest BCUT2D eigenvalue weighted by Gasteiger charge is 2.31. The van der Waals surface area contributed by atoms with Crippen molar-refractivity contribution in [2.45, 2.75) is 12.3 Å². The topological polar surface area (TPSA) is 12.4 Å². The van der Waals surface area contributed by atoms with Crippen molar-refractivity contribution in [1.29, 1.82) is 0 Å². The fourth-order valence-electron chi connectivity index (χ4n) is 7.96. The molecule has 2 aliphatic rings. The van der Waals surface area contributed by atoms with Crippen LogP contribution in [0.3, 0.4) is 0 Å². The van der Waals surface area contributed by atoms with E-state index >= 15 is 0 Å². The summed E-state index contributed by atoms with van der Waals surface area (Å²) in [6.07, 6.45) is 0.937. The van der Waals surface area contributed by atoms with Crippen molar-refractivity contribution >= 4 is 54.5 Å². The second kappa shape index (κ2) is 8.15. The minimum Gasteiger partial charge on any atom is -0.252 e. The van der Waals surface area contributed by atoms with Crippen molar-refractivity contribution < 1.29 is 0 Å². The van der Waals surface area contributed by atoms with Gasteiger partial charge in [0.05, 0.1) is 5.69 Å². The molecule has 0 fully saturated rings. The van der Waals surface area contributed by atoms with E-state index in [-0.39, 0.29) is 0 Å². The summed E-state index contributed by atoms with van der Waals surface area (Å²) in [4.78, 5) is 5.35. The number of hydrogen-bond donors (Lipinski definition) is 0. The molecule has 1 heterocycles. The molecule has 1 nitrogen and oxygen atoms in total. The summed E-state index contributed by atoms with van der Waals surface area (Å²) in [6, 6.07) is 49.6. The van der Waals surface area contributed by atoms with Crippen molar-refractivity contribution in [1.82, 2.24) is 0 Å². The number of rotatable bonds is 1. The zero-order valence-electron chi connectivity index (χ0n) is 22.9. The summed E-state index contributed by atoms with van der Waals surface area (Å²) >= 11 is 0. The monoisotopic (exact) mass is 531 g/mol. The molecule has 0 spiro atoms. The summed E-state index contributed by atoms with van der Waals surface area (Å²) in [6.45, 7) is 0. The molecule has 0 radical (unpaired) electrons. The summed E-state index contributed by atoms with van der Waals surface area (Å²) in [7, 11) is 0. The quantitative estimate of drug-likeness (QED) is 0.148. The van der Waals surface area contributed by atoms with Gasteiger partial charge in [-0.25, -0.2) is 0 Å². The fourth-order valence-corrected chi connectivity index (χ4v) is 7.96. The molecule has 8 aromatic rings. The van der Waals surface area contributed by atoms with E-state index in [1.54, 1.807) is 0 Å². The first-order valence-corrected chi connectivity index (χ1v) is 14.8. The molecule has 2 bridgehead atoms. The Labute approximate surface area is 243 Å². The van der Waals surface area contributed by atoms with Crippen LogP contribution in [0, 0.1) is 0 Å².